The van der Waals surface area contributed by atoms with E-state index in [0.717, 1.165) is 66.0 Å². The number of anilines is 6. The Hall–Kier alpha value is -12.9. The molecule has 9 aromatic heterocycles. The zero-order valence-corrected chi connectivity index (χ0v) is 64.1. The number of benzene rings is 3. The highest BCUT2D eigenvalue weighted by atomic mass is 32.2. The summed E-state index contributed by atoms with van der Waals surface area (Å²) in [5.74, 6) is -0.165. The fourth-order valence-corrected chi connectivity index (χ4v) is 13.4. The maximum atomic E-state index is 13.0. The average molecular weight is 1640 g/mol. The lowest BCUT2D eigenvalue weighted by Gasteiger charge is -2.40. The molecule has 31 nitrogen and oxygen atoms in total. The zero-order chi connectivity index (χ0) is 83.5. The van der Waals surface area contributed by atoms with E-state index in [1.165, 1.54) is 90.3 Å². The van der Waals surface area contributed by atoms with Crippen LogP contribution in [0.15, 0.2) is 166 Å². The molecular weight excluding hydrogens is 1560 g/mol. The molecule has 4 amide bonds. The number of halogens is 9. The normalized spacial score (nSPS) is 15.1. The fourth-order valence-electron chi connectivity index (χ4n) is 12.2. The number of likely N-dealkylation sites (tertiary alicyclic amines) is 1. The lowest BCUT2D eigenvalue weighted by molar-refractivity contribution is -0.138. The van der Waals surface area contributed by atoms with E-state index in [-0.39, 0.29) is 46.9 Å². The topological polar surface area (TPSA) is 372 Å². The molecule has 0 saturated carbocycles. The van der Waals surface area contributed by atoms with Crippen LogP contribution >= 0.6 is 0 Å². The van der Waals surface area contributed by atoms with Gasteiger partial charge in [0.25, 0.3) is 17.7 Å². The molecule has 610 valence electrons. The van der Waals surface area contributed by atoms with Gasteiger partial charge in [0.1, 0.15) is 56.7 Å². The van der Waals surface area contributed by atoms with Crippen molar-refractivity contribution in [2.45, 2.75) is 109 Å². The van der Waals surface area contributed by atoms with E-state index >= 15 is 0 Å². The highest BCUT2D eigenvalue weighted by Gasteiger charge is 2.39. The lowest BCUT2D eigenvalue weighted by Crippen LogP contribution is -2.52. The monoisotopic (exact) mass is 1640 g/mol. The van der Waals surface area contributed by atoms with E-state index in [9.17, 15) is 67.1 Å². The number of nitrogens with zero attached hydrogens (tertiary/aromatic N) is 17. The summed E-state index contributed by atoms with van der Waals surface area (Å²) in [5, 5.41) is 20.4. The van der Waals surface area contributed by atoms with Crippen molar-refractivity contribution in [1.82, 2.24) is 104 Å². The largest absolute Gasteiger partial charge is 0.444 e. The zero-order valence-electron chi connectivity index (χ0n) is 63.3. The summed E-state index contributed by atoms with van der Waals surface area (Å²) in [6, 6.07) is 17.4. The Morgan fingerprint density at radius 1 is 0.444 bits per heavy atom. The van der Waals surface area contributed by atoms with Gasteiger partial charge in [0.2, 0.25) is 10.0 Å². The molecular formula is C76H75F9N24O7S. The van der Waals surface area contributed by atoms with Crippen LogP contribution in [0, 0.1) is 0 Å². The Balaban J connectivity index is 0.000000153. The van der Waals surface area contributed by atoms with Crippen LogP contribution in [0.3, 0.4) is 0 Å². The quantitative estimate of drug-likeness (QED) is 0.0348. The molecule has 7 N–H and O–H groups in total. The third kappa shape index (κ3) is 19.7. The van der Waals surface area contributed by atoms with Gasteiger partial charge in [0.05, 0.1) is 167 Å². The number of carbonyl (C=O) groups excluding carboxylic acids is 4. The van der Waals surface area contributed by atoms with Gasteiger partial charge in [-0.25, -0.2) is 58.1 Å². The number of rotatable bonds is 20. The number of amides is 4. The minimum atomic E-state index is -4.42. The molecule has 117 heavy (non-hydrogen) atoms. The highest BCUT2D eigenvalue weighted by Crippen LogP contribution is 2.36. The number of hydrogen-bond donors (Lipinski definition) is 7. The minimum absolute atomic E-state index is 0.00951. The molecule has 3 atom stereocenters. The van der Waals surface area contributed by atoms with E-state index in [0.29, 0.717) is 100 Å². The van der Waals surface area contributed by atoms with Gasteiger partial charge in [-0.3, -0.25) is 29.3 Å². The van der Waals surface area contributed by atoms with Crippen molar-refractivity contribution in [2.75, 3.05) is 61.0 Å². The predicted octanol–water partition coefficient (Wildman–Crippen LogP) is 12.6. The van der Waals surface area contributed by atoms with Crippen molar-refractivity contribution in [2.24, 2.45) is 0 Å². The second-order valence-electron chi connectivity index (χ2n) is 28.5. The summed E-state index contributed by atoms with van der Waals surface area (Å²) in [6.07, 6.45) is 4.77. The molecule has 3 fully saturated rings. The number of carbonyl (C=O) groups is 4. The molecule has 15 rings (SSSR count). The molecule has 3 aliphatic heterocycles. The SMILES string of the molecule is CCS(=O)(=O)N1CC(n2cnc3cnc(C(=O)N[C@H](C)c4cnc(Nc5ccc(C(F)(F)F)cc5)cn4)cc32)C1.C[C@@H](NC(=O)c1cc2c(cn1)ncn2C1CN(C(=O)OC(C)(C)C)C1)c1cnc(Nc2ccc(C(F)(F)F)cc2)cn1.C[C@@H](NC(=O)c1cc2c(cn1)ncn2C1CNC1)c1cnc(Nc2ccc(C(F)(F)F)cc2)cn1. The molecule has 3 aliphatic rings. The number of sulfonamides is 1. The third-order valence-corrected chi connectivity index (χ3v) is 20.8. The Morgan fingerprint density at radius 3 is 1.03 bits per heavy atom. The van der Waals surface area contributed by atoms with Crippen LogP contribution in [-0.2, 0) is 33.3 Å². The van der Waals surface area contributed by atoms with E-state index in [1.807, 2.05) is 34.5 Å². The molecule has 0 bridgehead atoms. The molecule has 0 aliphatic carbocycles. The number of nitrogens with one attached hydrogen (secondary N) is 7. The van der Waals surface area contributed by atoms with Gasteiger partial charge >= 0.3 is 24.6 Å². The van der Waals surface area contributed by atoms with E-state index in [4.69, 9.17) is 4.74 Å². The first-order chi connectivity index (χ1) is 55.5. The Labute approximate surface area is 660 Å². The first-order valence-corrected chi connectivity index (χ1v) is 38.0. The third-order valence-electron chi connectivity index (χ3n) is 19.0. The van der Waals surface area contributed by atoms with Crippen LogP contribution in [0.2, 0.25) is 0 Å². The predicted molar refractivity (Wildman–Crippen MR) is 409 cm³/mol. The van der Waals surface area contributed by atoms with Gasteiger partial charge in [0.15, 0.2) is 0 Å². The summed E-state index contributed by atoms with van der Waals surface area (Å²) in [4.78, 5) is 104. The van der Waals surface area contributed by atoms with Crippen molar-refractivity contribution in [1.29, 1.82) is 0 Å². The molecule has 0 spiro atoms. The summed E-state index contributed by atoms with van der Waals surface area (Å²) in [5.41, 5.74) is 4.73. The molecule has 3 saturated heterocycles. The van der Waals surface area contributed by atoms with Gasteiger partial charge < -0.3 is 60.6 Å². The second kappa shape index (κ2) is 33.5. The summed E-state index contributed by atoms with van der Waals surface area (Å²) < 4.78 is 151. The van der Waals surface area contributed by atoms with E-state index < -0.39 is 80.8 Å². The van der Waals surface area contributed by atoms with Gasteiger partial charge in [-0.05, 0) is 139 Å². The van der Waals surface area contributed by atoms with Crippen LogP contribution in [-0.4, -0.2) is 166 Å². The van der Waals surface area contributed by atoms with Crippen molar-refractivity contribution in [3.05, 3.63) is 217 Å². The van der Waals surface area contributed by atoms with Crippen molar-refractivity contribution in [3.63, 3.8) is 0 Å². The first-order valence-electron chi connectivity index (χ1n) is 36.3. The highest BCUT2D eigenvalue weighted by molar-refractivity contribution is 7.89. The van der Waals surface area contributed by atoms with E-state index in [2.05, 4.69) is 97.0 Å². The van der Waals surface area contributed by atoms with Gasteiger partial charge in [-0.15, -0.1) is 0 Å². The smallest absolute Gasteiger partial charge is 0.416 e. The second-order valence-corrected chi connectivity index (χ2v) is 30.8. The molecule has 3 aromatic carbocycles. The lowest BCUT2D eigenvalue weighted by atomic mass is 10.1. The average Bonchev–Trinajstić information content (AvgIpc) is 1.68. The molecule has 41 heteroatoms. The molecule has 0 unspecified atom stereocenters. The fraction of sp³-hybridized carbons (Fsp3) is 0.316. The molecule has 0 radical (unpaired) electrons. The van der Waals surface area contributed by atoms with Crippen molar-refractivity contribution < 1.29 is 71.8 Å². The van der Waals surface area contributed by atoms with Crippen LogP contribution in [0.25, 0.3) is 33.1 Å². The van der Waals surface area contributed by atoms with Crippen LogP contribution in [0.4, 0.5) is 78.8 Å². The summed E-state index contributed by atoms with van der Waals surface area (Å²) in [7, 11) is -3.25. The number of fused-ring (bicyclic) bond motifs is 3. The van der Waals surface area contributed by atoms with Gasteiger partial charge in [0, 0.05) is 56.3 Å². The van der Waals surface area contributed by atoms with Crippen LogP contribution in [0.1, 0.15) is 150 Å². The van der Waals surface area contributed by atoms with E-state index in [1.54, 1.807) is 76.0 Å². The first kappa shape index (κ1) is 82.1. The number of imidazole rings is 3. The van der Waals surface area contributed by atoms with Crippen molar-refractivity contribution >= 4 is 101 Å². The Morgan fingerprint density at radius 2 is 0.761 bits per heavy atom. The Kier molecular flexibility index (Phi) is 23.5. The summed E-state index contributed by atoms with van der Waals surface area (Å²) in [6.45, 7) is 15.6. The van der Waals surface area contributed by atoms with Crippen LogP contribution in [0.5, 0.6) is 0 Å². The molecule has 12 aromatic rings. The van der Waals surface area contributed by atoms with Crippen molar-refractivity contribution in [3.8, 4) is 0 Å². The van der Waals surface area contributed by atoms with Gasteiger partial charge in [-0.2, -0.15) is 43.8 Å². The van der Waals surface area contributed by atoms with Gasteiger partial charge in [-0.1, -0.05) is 0 Å². The minimum Gasteiger partial charge on any atom is -0.444 e. The summed E-state index contributed by atoms with van der Waals surface area (Å²) >= 11 is 0. The molecule has 12 heterocycles. The number of aromatic nitrogens is 15. The number of ether oxygens (including phenoxy) is 1. The number of pyridine rings is 3. The maximum absolute atomic E-state index is 13.0. The number of alkyl halides is 9. The number of hydrogen-bond acceptors (Lipinski definition) is 23. The Bertz CT molecular complexity index is 5680. The standard InChI is InChI=1S/C28H29F3N8O3.C25H25F3N8O3S.C23H21F3N8O/c1-16(21-10-34-24(12-33-21)37-18-7-5-17(6-8-18)28(29,30)31)36-25(40)20-9-23-22(11-32-20)35-15-39(23)19-13-38(14-19)26(41)42-27(2,3)4;1-3-40(38,39)35-12-18(13-35)36-14-32-21-10-29-19(8-22(21)36)24(37)33-15(2)20-9-31-23(11-30-20)34-17-6-4-16(5-7-17)25(26,27)28;1-13(18-9-30-21(11-29-18)33-15-4-2-14(3-5-15)23(24,25)26)32-22(35)17-6-20-19(10-28-17)31-12-34(20)16-7-27-8-16/h5-12,15-16,19H,13-14H2,1-4H3,(H,34,37)(H,36,40);4-11,14-15,18H,3,12-13H2,1-2H3,(H,31,34)(H,33,37);2-6,9-13,16,27H,7-8H2,1H3,(H,30,33)(H,32,35)/t16-;15-;13-/m111/s1. The maximum Gasteiger partial charge on any atom is 0.416 e. The van der Waals surface area contributed by atoms with Crippen LogP contribution < -0.4 is 37.2 Å².